The van der Waals surface area contributed by atoms with E-state index >= 15 is 0 Å². The first-order chi connectivity index (χ1) is 10.3. The average Bonchev–Trinajstić information content (AvgIpc) is 2.46. The number of halogens is 2. The molecule has 0 heterocycles. The van der Waals surface area contributed by atoms with Crippen molar-refractivity contribution in [3.8, 4) is 0 Å². The van der Waals surface area contributed by atoms with Crippen LogP contribution in [0.1, 0.15) is 70.6 Å². The van der Waals surface area contributed by atoms with Gasteiger partial charge in [0.15, 0.2) is 0 Å². The standard InChI is InChI=1S/C18H27BrClN/c19-17-14-16(12-13-18(17)20)21-15-10-8-6-4-2-1-3-5-7-9-11-15/h12-15,21H,1-11H2. The molecular formula is C18H27BrClN. The Morgan fingerprint density at radius 2 is 1.38 bits per heavy atom. The van der Waals surface area contributed by atoms with E-state index in [1.165, 1.54) is 76.3 Å². The van der Waals surface area contributed by atoms with Crippen LogP contribution in [0.2, 0.25) is 5.02 Å². The smallest absolute Gasteiger partial charge is 0.0549 e. The van der Waals surface area contributed by atoms with E-state index in [4.69, 9.17) is 11.6 Å². The molecule has 2 rings (SSSR count). The highest BCUT2D eigenvalue weighted by atomic mass is 79.9. The number of rotatable bonds is 2. The van der Waals surface area contributed by atoms with Crippen LogP contribution in [-0.2, 0) is 0 Å². The normalized spacial score (nSPS) is 19.5. The lowest BCUT2D eigenvalue weighted by atomic mass is 9.98. The molecule has 0 aromatic heterocycles. The van der Waals surface area contributed by atoms with E-state index in [9.17, 15) is 0 Å². The molecule has 1 aliphatic carbocycles. The van der Waals surface area contributed by atoms with Gasteiger partial charge < -0.3 is 5.32 Å². The summed E-state index contributed by atoms with van der Waals surface area (Å²) in [4.78, 5) is 0. The van der Waals surface area contributed by atoms with E-state index in [0.717, 1.165) is 9.50 Å². The molecule has 0 radical (unpaired) electrons. The molecule has 1 fully saturated rings. The van der Waals surface area contributed by atoms with Crippen LogP contribution in [0.3, 0.4) is 0 Å². The molecule has 0 unspecified atom stereocenters. The molecule has 0 saturated heterocycles. The molecule has 1 N–H and O–H groups in total. The van der Waals surface area contributed by atoms with Gasteiger partial charge in [-0.1, -0.05) is 69.4 Å². The van der Waals surface area contributed by atoms with Crippen molar-refractivity contribution in [2.75, 3.05) is 5.32 Å². The van der Waals surface area contributed by atoms with Gasteiger partial charge in [-0.25, -0.2) is 0 Å². The molecule has 0 aliphatic heterocycles. The van der Waals surface area contributed by atoms with Gasteiger partial charge in [-0.2, -0.15) is 0 Å². The first kappa shape index (κ1) is 17.1. The van der Waals surface area contributed by atoms with Gasteiger partial charge in [-0.15, -0.1) is 0 Å². The van der Waals surface area contributed by atoms with Gasteiger partial charge in [-0.3, -0.25) is 0 Å². The lowest BCUT2D eigenvalue weighted by Gasteiger charge is -2.21. The van der Waals surface area contributed by atoms with Crippen molar-refractivity contribution in [3.63, 3.8) is 0 Å². The molecule has 1 aromatic carbocycles. The Labute approximate surface area is 143 Å². The van der Waals surface area contributed by atoms with Crippen molar-refractivity contribution in [1.29, 1.82) is 0 Å². The Kier molecular flexibility index (Phi) is 7.95. The van der Waals surface area contributed by atoms with Crippen molar-refractivity contribution in [2.45, 2.75) is 76.7 Å². The number of nitrogens with one attached hydrogen (secondary N) is 1. The van der Waals surface area contributed by atoms with Gasteiger partial charge in [0.2, 0.25) is 0 Å². The van der Waals surface area contributed by atoms with Crippen molar-refractivity contribution >= 4 is 33.2 Å². The second-order valence-corrected chi connectivity index (χ2v) is 7.49. The third-order valence-electron chi connectivity index (χ3n) is 4.40. The molecule has 1 aliphatic rings. The molecule has 1 saturated carbocycles. The summed E-state index contributed by atoms with van der Waals surface area (Å²) < 4.78 is 0.974. The number of benzene rings is 1. The summed E-state index contributed by atoms with van der Waals surface area (Å²) in [5.74, 6) is 0. The van der Waals surface area contributed by atoms with E-state index in [0.29, 0.717) is 6.04 Å². The van der Waals surface area contributed by atoms with Gasteiger partial charge in [0.25, 0.3) is 0 Å². The molecule has 0 amide bonds. The summed E-state index contributed by atoms with van der Waals surface area (Å²) in [5.41, 5.74) is 1.18. The topological polar surface area (TPSA) is 12.0 Å². The van der Waals surface area contributed by atoms with Gasteiger partial charge in [0.05, 0.1) is 5.02 Å². The maximum atomic E-state index is 6.07. The zero-order chi connectivity index (χ0) is 14.9. The molecule has 1 aromatic rings. The highest BCUT2D eigenvalue weighted by Crippen LogP contribution is 2.27. The largest absolute Gasteiger partial charge is 0.382 e. The molecule has 0 atom stereocenters. The minimum atomic E-state index is 0.609. The first-order valence-corrected chi connectivity index (χ1v) is 9.64. The second kappa shape index (κ2) is 9.74. The second-order valence-electron chi connectivity index (χ2n) is 6.23. The fraction of sp³-hybridized carbons (Fsp3) is 0.667. The highest BCUT2D eigenvalue weighted by molar-refractivity contribution is 9.10. The van der Waals surface area contributed by atoms with Crippen molar-refractivity contribution in [3.05, 3.63) is 27.7 Å². The quantitative estimate of drug-likeness (QED) is 0.579. The highest BCUT2D eigenvalue weighted by Gasteiger charge is 2.10. The Morgan fingerprint density at radius 3 is 1.90 bits per heavy atom. The van der Waals surface area contributed by atoms with Crippen molar-refractivity contribution < 1.29 is 0 Å². The number of hydrogen-bond acceptors (Lipinski definition) is 1. The lowest BCUT2D eigenvalue weighted by molar-refractivity contribution is 0.480. The minimum Gasteiger partial charge on any atom is -0.382 e. The van der Waals surface area contributed by atoms with E-state index in [-0.39, 0.29) is 0 Å². The van der Waals surface area contributed by atoms with Crippen LogP contribution in [0.4, 0.5) is 5.69 Å². The zero-order valence-electron chi connectivity index (χ0n) is 12.8. The predicted molar refractivity (Wildman–Crippen MR) is 97.3 cm³/mol. The maximum Gasteiger partial charge on any atom is 0.0549 e. The average molecular weight is 373 g/mol. The molecule has 0 bridgehead atoms. The third-order valence-corrected chi connectivity index (χ3v) is 5.61. The number of anilines is 1. The van der Waals surface area contributed by atoms with E-state index in [1.807, 2.05) is 6.07 Å². The first-order valence-electron chi connectivity index (χ1n) is 8.47. The SMILES string of the molecule is Clc1ccc(NC2CCCCCCCCCCC2)cc1Br. The Balaban J connectivity index is 1.88. The van der Waals surface area contributed by atoms with Crippen molar-refractivity contribution in [1.82, 2.24) is 0 Å². The fourth-order valence-corrected chi connectivity index (χ4v) is 3.63. The zero-order valence-corrected chi connectivity index (χ0v) is 15.2. The monoisotopic (exact) mass is 371 g/mol. The van der Waals surface area contributed by atoms with Gasteiger partial charge in [-0.05, 0) is 47.0 Å². The molecule has 21 heavy (non-hydrogen) atoms. The molecular weight excluding hydrogens is 346 g/mol. The molecule has 118 valence electrons. The van der Waals surface area contributed by atoms with Crippen LogP contribution >= 0.6 is 27.5 Å². The fourth-order valence-electron chi connectivity index (χ4n) is 3.13. The van der Waals surface area contributed by atoms with Crippen LogP contribution in [0.15, 0.2) is 22.7 Å². The third kappa shape index (κ3) is 6.61. The van der Waals surface area contributed by atoms with Crippen LogP contribution in [0.5, 0.6) is 0 Å². The Morgan fingerprint density at radius 1 is 0.857 bits per heavy atom. The summed E-state index contributed by atoms with van der Waals surface area (Å²) in [6.07, 6.45) is 15.2. The van der Waals surface area contributed by atoms with Gasteiger partial charge in [0.1, 0.15) is 0 Å². The van der Waals surface area contributed by atoms with Crippen LogP contribution in [-0.4, -0.2) is 6.04 Å². The summed E-state index contributed by atoms with van der Waals surface area (Å²) in [5, 5.41) is 4.49. The van der Waals surface area contributed by atoms with Gasteiger partial charge in [0, 0.05) is 16.2 Å². The Bertz CT molecular complexity index is 410. The Hall–Kier alpha value is -0.210. The van der Waals surface area contributed by atoms with E-state index in [1.54, 1.807) is 0 Å². The number of hydrogen-bond donors (Lipinski definition) is 1. The molecule has 3 heteroatoms. The lowest BCUT2D eigenvalue weighted by Crippen LogP contribution is -2.19. The predicted octanol–water partition coefficient (Wildman–Crippen LogP) is 7.19. The van der Waals surface area contributed by atoms with Crippen LogP contribution in [0, 0.1) is 0 Å². The summed E-state index contributed by atoms with van der Waals surface area (Å²) in [7, 11) is 0. The van der Waals surface area contributed by atoms with Crippen LogP contribution in [0.25, 0.3) is 0 Å². The van der Waals surface area contributed by atoms with Crippen LogP contribution < -0.4 is 5.32 Å². The summed E-state index contributed by atoms with van der Waals surface area (Å²) >= 11 is 9.58. The molecule has 1 nitrogen and oxygen atoms in total. The van der Waals surface area contributed by atoms with Gasteiger partial charge >= 0.3 is 0 Å². The molecule has 0 spiro atoms. The maximum absolute atomic E-state index is 6.07. The van der Waals surface area contributed by atoms with E-state index < -0.39 is 0 Å². The summed E-state index contributed by atoms with van der Waals surface area (Å²) in [6.45, 7) is 0. The summed E-state index contributed by atoms with van der Waals surface area (Å²) in [6, 6.07) is 6.75. The van der Waals surface area contributed by atoms with Crippen molar-refractivity contribution in [2.24, 2.45) is 0 Å². The van der Waals surface area contributed by atoms with E-state index in [2.05, 4.69) is 33.4 Å². The minimum absolute atomic E-state index is 0.609.